The fourth-order valence-corrected chi connectivity index (χ4v) is 1.81. The average molecular weight is 317 g/mol. The zero-order chi connectivity index (χ0) is 13.5. The molecule has 0 saturated carbocycles. The number of halogens is 1. The number of methoxy groups -OCH3 is 1. The first kappa shape index (κ1) is 15.2. The Morgan fingerprint density at radius 2 is 2.28 bits per heavy atom. The topological polar surface area (TPSA) is 50.3 Å². The smallest absolute Gasteiger partial charge is 0.232 e. The maximum Gasteiger partial charge on any atom is 0.232 e. The van der Waals surface area contributed by atoms with Crippen LogP contribution in [0.3, 0.4) is 0 Å². The molecule has 1 rings (SSSR count). The minimum atomic E-state index is 0.544. The van der Waals surface area contributed by atoms with Gasteiger partial charge >= 0.3 is 0 Å². The van der Waals surface area contributed by atoms with Crippen LogP contribution < -0.4 is 10.1 Å². The van der Waals surface area contributed by atoms with Crippen LogP contribution in [0.25, 0.3) is 0 Å². The van der Waals surface area contributed by atoms with Crippen LogP contribution in [0.4, 0.5) is 5.95 Å². The van der Waals surface area contributed by atoms with E-state index in [0.717, 1.165) is 24.0 Å². The largest absolute Gasteiger partial charge is 0.480 e. The summed E-state index contributed by atoms with van der Waals surface area (Å²) in [5.41, 5.74) is 0. The summed E-state index contributed by atoms with van der Waals surface area (Å²) in [6.07, 6.45) is 2.84. The maximum absolute atomic E-state index is 5.12. The first-order valence-corrected chi connectivity index (χ1v) is 6.88. The second kappa shape index (κ2) is 7.53. The van der Waals surface area contributed by atoms with Crippen molar-refractivity contribution in [1.29, 1.82) is 0 Å². The highest BCUT2D eigenvalue weighted by Crippen LogP contribution is 2.21. The number of likely N-dealkylation sites (N-methyl/N-ethyl adjacent to an activating group) is 1. The lowest BCUT2D eigenvalue weighted by molar-refractivity contribution is 0.261. The second-order valence-corrected chi connectivity index (χ2v) is 5.07. The van der Waals surface area contributed by atoms with Crippen molar-refractivity contribution in [2.45, 2.75) is 26.3 Å². The van der Waals surface area contributed by atoms with Gasteiger partial charge in [-0.2, -0.15) is 4.98 Å². The van der Waals surface area contributed by atoms with Gasteiger partial charge in [0, 0.05) is 19.1 Å². The molecule has 0 aliphatic rings. The molecule has 0 fully saturated rings. The van der Waals surface area contributed by atoms with Crippen LogP contribution in [0.2, 0.25) is 0 Å². The van der Waals surface area contributed by atoms with Gasteiger partial charge in [0.2, 0.25) is 11.8 Å². The van der Waals surface area contributed by atoms with Gasteiger partial charge in [-0.15, -0.1) is 0 Å². The molecule has 0 bridgehead atoms. The lowest BCUT2D eigenvalue weighted by atomic mass is 10.2. The molecule has 0 aromatic carbocycles. The van der Waals surface area contributed by atoms with Crippen molar-refractivity contribution >= 4 is 21.9 Å². The zero-order valence-corrected chi connectivity index (χ0v) is 13.0. The van der Waals surface area contributed by atoms with E-state index in [1.165, 1.54) is 0 Å². The van der Waals surface area contributed by atoms with Crippen LogP contribution in [-0.4, -0.2) is 48.2 Å². The minimum absolute atomic E-state index is 0.544. The molecular formula is C12H21BrN4O. The van der Waals surface area contributed by atoms with Crippen LogP contribution in [-0.2, 0) is 0 Å². The fraction of sp³-hybridized carbons (Fsp3) is 0.667. The monoisotopic (exact) mass is 316 g/mol. The maximum atomic E-state index is 5.12. The van der Waals surface area contributed by atoms with Crippen LogP contribution in [0.5, 0.6) is 5.88 Å². The summed E-state index contributed by atoms with van der Waals surface area (Å²) < 4.78 is 5.88. The van der Waals surface area contributed by atoms with E-state index in [1.807, 2.05) is 0 Å². The van der Waals surface area contributed by atoms with Crippen molar-refractivity contribution in [3.63, 3.8) is 0 Å². The van der Waals surface area contributed by atoms with E-state index >= 15 is 0 Å². The van der Waals surface area contributed by atoms with Gasteiger partial charge in [-0.1, -0.05) is 6.92 Å². The summed E-state index contributed by atoms with van der Waals surface area (Å²) in [5, 5.41) is 3.19. The van der Waals surface area contributed by atoms with Crippen molar-refractivity contribution in [1.82, 2.24) is 14.9 Å². The molecule has 1 aromatic heterocycles. The SMILES string of the molecule is CCC(C)N(C)CCNc1ncc(Br)c(OC)n1. The number of nitrogens with zero attached hydrogens (tertiary/aromatic N) is 3. The van der Waals surface area contributed by atoms with Gasteiger partial charge in [0.1, 0.15) is 0 Å². The molecule has 0 spiro atoms. The lowest BCUT2D eigenvalue weighted by Crippen LogP contribution is -2.32. The Labute approximate surface area is 117 Å². The molecule has 1 heterocycles. The van der Waals surface area contributed by atoms with Gasteiger partial charge in [0.25, 0.3) is 0 Å². The van der Waals surface area contributed by atoms with Crippen LogP contribution in [0, 0.1) is 0 Å². The van der Waals surface area contributed by atoms with Crippen LogP contribution in [0.1, 0.15) is 20.3 Å². The summed E-state index contributed by atoms with van der Waals surface area (Å²) in [6, 6.07) is 0.590. The Balaban J connectivity index is 2.44. The van der Waals surface area contributed by atoms with Crippen molar-refractivity contribution in [3.8, 4) is 5.88 Å². The molecule has 1 atom stereocenters. The Bertz CT molecular complexity index is 375. The van der Waals surface area contributed by atoms with E-state index in [1.54, 1.807) is 13.3 Å². The molecule has 1 N–H and O–H groups in total. The van der Waals surface area contributed by atoms with Gasteiger partial charge in [-0.05, 0) is 36.3 Å². The molecule has 0 radical (unpaired) electrons. The minimum Gasteiger partial charge on any atom is -0.480 e. The van der Waals surface area contributed by atoms with E-state index in [4.69, 9.17) is 4.74 Å². The third-order valence-corrected chi connectivity index (χ3v) is 3.54. The average Bonchev–Trinajstić information content (AvgIpc) is 2.39. The van der Waals surface area contributed by atoms with Gasteiger partial charge in [0.05, 0.1) is 17.8 Å². The van der Waals surface area contributed by atoms with Crippen molar-refractivity contribution in [2.24, 2.45) is 0 Å². The van der Waals surface area contributed by atoms with Crippen LogP contribution in [0.15, 0.2) is 10.7 Å². The highest BCUT2D eigenvalue weighted by Gasteiger charge is 2.07. The Hall–Kier alpha value is -0.880. The van der Waals surface area contributed by atoms with E-state index in [2.05, 4.69) is 57.0 Å². The Morgan fingerprint density at radius 1 is 1.56 bits per heavy atom. The normalized spacial score (nSPS) is 12.6. The first-order chi connectivity index (χ1) is 8.58. The summed E-state index contributed by atoms with van der Waals surface area (Å²) in [6.45, 7) is 6.18. The third-order valence-electron chi connectivity index (χ3n) is 3.00. The molecule has 18 heavy (non-hydrogen) atoms. The van der Waals surface area contributed by atoms with Crippen molar-refractivity contribution in [2.75, 3.05) is 32.6 Å². The molecule has 102 valence electrons. The molecule has 1 aromatic rings. The highest BCUT2D eigenvalue weighted by molar-refractivity contribution is 9.10. The Morgan fingerprint density at radius 3 is 2.89 bits per heavy atom. The summed E-state index contributed by atoms with van der Waals surface area (Å²) >= 11 is 3.32. The molecule has 0 aliphatic heterocycles. The predicted molar refractivity (Wildman–Crippen MR) is 77.2 cm³/mol. The Kier molecular flexibility index (Phi) is 6.35. The summed E-state index contributed by atoms with van der Waals surface area (Å²) in [4.78, 5) is 10.7. The van der Waals surface area contributed by atoms with Crippen molar-refractivity contribution in [3.05, 3.63) is 10.7 Å². The number of nitrogens with one attached hydrogen (secondary N) is 1. The molecule has 0 aliphatic carbocycles. The molecule has 1 unspecified atom stereocenters. The summed E-state index contributed by atoms with van der Waals surface area (Å²) in [7, 11) is 3.71. The van der Waals surface area contributed by atoms with Gasteiger partial charge in [-0.25, -0.2) is 4.98 Å². The summed E-state index contributed by atoms with van der Waals surface area (Å²) in [5.74, 6) is 1.13. The van der Waals surface area contributed by atoms with E-state index in [-0.39, 0.29) is 0 Å². The van der Waals surface area contributed by atoms with Crippen molar-refractivity contribution < 1.29 is 4.74 Å². The molecular weight excluding hydrogens is 296 g/mol. The fourth-order valence-electron chi connectivity index (χ4n) is 1.46. The molecule has 0 amide bonds. The zero-order valence-electron chi connectivity index (χ0n) is 11.4. The van der Waals surface area contributed by atoms with Crippen LogP contribution >= 0.6 is 15.9 Å². The predicted octanol–water partition coefficient (Wildman–Crippen LogP) is 2.39. The number of hydrogen-bond acceptors (Lipinski definition) is 5. The quantitative estimate of drug-likeness (QED) is 0.837. The number of hydrogen-bond donors (Lipinski definition) is 1. The third kappa shape index (κ3) is 4.42. The van der Waals surface area contributed by atoms with E-state index in [0.29, 0.717) is 17.9 Å². The highest BCUT2D eigenvalue weighted by atomic mass is 79.9. The van der Waals surface area contributed by atoms with Gasteiger partial charge in [0.15, 0.2) is 0 Å². The van der Waals surface area contributed by atoms with E-state index < -0.39 is 0 Å². The van der Waals surface area contributed by atoms with E-state index in [9.17, 15) is 0 Å². The molecule has 6 heteroatoms. The number of ether oxygens (including phenoxy) is 1. The number of anilines is 1. The van der Waals surface area contributed by atoms with Gasteiger partial charge in [-0.3, -0.25) is 0 Å². The first-order valence-electron chi connectivity index (χ1n) is 6.09. The number of aromatic nitrogens is 2. The molecule has 5 nitrogen and oxygen atoms in total. The number of rotatable bonds is 7. The molecule has 0 saturated heterocycles. The second-order valence-electron chi connectivity index (χ2n) is 4.22. The standard InChI is InChI=1S/C12H21BrN4O/c1-5-9(2)17(3)7-6-14-12-15-8-10(13)11(16-12)18-4/h8-9H,5-7H2,1-4H3,(H,14,15,16). The van der Waals surface area contributed by atoms with Gasteiger partial charge < -0.3 is 15.0 Å². The lowest BCUT2D eigenvalue weighted by Gasteiger charge is -2.23.